The number of carbonyl (C=O) groups excluding carboxylic acids is 1. The molecule has 0 radical (unpaired) electrons. The fourth-order valence-electron chi connectivity index (χ4n) is 2.97. The second-order valence-corrected chi connectivity index (χ2v) is 7.53. The summed E-state index contributed by atoms with van der Waals surface area (Å²) >= 11 is 0. The van der Waals surface area contributed by atoms with E-state index in [0.29, 0.717) is 0 Å². The van der Waals surface area contributed by atoms with Crippen molar-refractivity contribution in [2.45, 2.75) is 45.4 Å². The van der Waals surface area contributed by atoms with Crippen molar-refractivity contribution in [3.05, 3.63) is 35.9 Å². The number of hydrogen-bond donors (Lipinski definition) is 2. The van der Waals surface area contributed by atoms with Gasteiger partial charge in [-0.15, -0.1) is 0 Å². The van der Waals surface area contributed by atoms with E-state index in [1.165, 1.54) is 5.56 Å². The highest BCUT2D eigenvalue weighted by Gasteiger charge is 2.30. The van der Waals surface area contributed by atoms with E-state index in [-0.39, 0.29) is 36.7 Å². The van der Waals surface area contributed by atoms with Gasteiger partial charge in [-0.05, 0) is 39.3 Å². The minimum atomic E-state index is -0.334. The second-order valence-electron chi connectivity index (χ2n) is 7.53. The van der Waals surface area contributed by atoms with Crippen molar-refractivity contribution in [2.24, 2.45) is 5.92 Å². The topological polar surface area (TPSA) is 61.8 Å². The summed E-state index contributed by atoms with van der Waals surface area (Å²) in [5.74, 6) is -0.00875. The molecule has 1 fully saturated rings. The van der Waals surface area contributed by atoms with E-state index >= 15 is 0 Å². The van der Waals surface area contributed by atoms with Crippen LogP contribution < -0.4 is 5.32 Å². The average molecular weight is 334 g/mol. The first-order chi connectivity index (χ1) is 11.4. The van der Waals surface area contributed by atoms with Gasteiger partial charge in [-0.3, -0.25) is 9.69 Å². The van der Waals surface area contributed by atoms with Crippen molar-refractivity contribution in [3.63, 3.8) is 0 Å². The Morgan fingerprint density at radius 2 is 2.04 bits per heavy atom. The number of benzene rings is 1. The number of ether oxygens (including phenoxy) is 1. The summed E-state index contributed by atoms with van der Waals surface area (Å²) in [5, 5.41) is 12.7. The Morgan fingerprint density at radius 3 is 2.67 bits per heavy atom. The highest BCUT2D eigenvalue weighted by Crippen LogP contribution is 2.19. The molecule has 1 aromatic carbocycles. The molecule has 2 atom stereocenters. The van der Waals surface area contributed by atoms with Gasteiger partial charge in [-0.25, -0.2) is 0 Å². The van der Waals surface area contributed by atoms with Gasteiger partial charge < -0.3 is 15.2 Å². The van der Waals surface area contributed by atoms with E-state index in [0.717, 1.165) is 26.1 Å². The molecule has 134 valence electrons. The molecule has 1 aliphatic rings. The lowest BCUT2D eigenvalue weighted by atomic mass is 9.92. The molecule has 0 spiro atoms. The summed E-state index contributed by atoms with van der Waals surface area (Å²) in [5.41, 5.74) is 0.931. The molecule has 0 aromatic heterocycles. The van der Waals surface area contributed by atoms with Crippen molar-refractivity contribution in [2.75, 3.05) is 26.3 Å². The molecule has 0 aliphatic carbocycles. The van der Waals surface area contributed by atoms with Crippen LogP contribution in [0.1, 0.15) is 32.8 Å². The Kier molecular flexibility index (Phi) is 6.78. The molecule has 5 nitrogen and oxygen atoms in total. The number of piperidine rings is 1. The Hall–Kier alpha value is -1.43. The number of likely N-dealkylation sites (tertiary alicyclic amines) is 1. The molecule has 0 saturated carbocycles. The molecule has 2 rings (SSSR count). The first-order valence-corrected chi connectivity index (χ1v) is 8.68. The third-order valence-corrected chi connectivity index (χ3v) is 4.31. The van der Waals surface area contributed by atoms with Gasteiger partial charge in [0.05, 0.1) is 5.60 Å². The number of aliphatic hydroxyl groups excluding tert-OH is 1. The smallest absolute Gasteiger partial charge is 0.246 e. The van der Waals surface area contributed by atoms with Crippen LogP contribution in [0.15, 0.2) is 30.3 Å². The van der Waals surface area contributed by atoms with E-state index < -0.39 is 0 Å². The molecule has 1 amide bonds. The summed E-state index contributed by atoms with van der Waals surface area (Å²) in [6, 6.07) is 10.3. The van der Waals surface area contributed by atoms with Gasteiger partial charge in [0.2, 0.25) is 5.91 Å². The van der Waals surface area contributed by atoms with Gasteiger partial charge in [-0.2, -0.15) is 0 Å². The molecule has 0 bridgehead atoms. The van der Waals surface area contributed by atoms with Gasteiger partial charge in [0.15, 0.2) is 0 Å². The lowest BCUT2D eigenvalue weighted by Crippen LogP contribution is -2.54. The van der Waals surface area contributed by atoms with Crippen molar-refractivity contribution in [1.82, 2.24) is 10.2 Å². The van der Waals surface area contributed by atoms with E-state index in [1.807, 2.05) is 39.0 Å². The van der Waals surface area contributed by atoms with Crippen LogP contribution in [0.4, 0.5) is 0 Å². The summed E-state index contributed by atoms with van der Waals surface area (Å²) in [6.07, 6.45) is 0.883. The SMILES string of the molecule is CC(C)(C)OCC(=O)NC1CN(Cc2ccccc2)CCC1CO. The first-order valence-electron chi connectivity index (χ1n) is 8.68. The third-order valence-electron chi connectivity index (χ3n) is 4.31. The fraction of sp³-hybridized carbons (Fsp3) is 0.632. The van der Waals surface area contributed by atoms with Crippen LogP contribution in [0, 0.1) is 5.92 Å². The van der Waals surface area contributed by atoms with Gasteiger partial charge >= 0.3 is 0 Å². The maximum atomic E-state index is 12.1. The van der Waals surface area contributed by atoms with E-state index in [2.05, 4.69) is 22.3 Å². The highest BCUT2D eigenvalue weighted by molar-refractivity contribution is 5.77. The minimum Gasteiger partial charge on any atom is -0.396 e. The standard InChI is InChI=1S/C19H30N2O3/c1-19(2,3)24-14-18(23)20-17-12-21(10-9-16(17)13-22)11-15-7-5-4-6-8-15/h4-8,16-17,22H,9-14H2,1-3H3,(H,20,23). The fourth-order valence-corrected chi connectivity index (χ4v) is 2.97. The van der Waals surface area contributed by atoms with Crippen LogP contribution >= 0.6 is 0 Å². The van der Waals surface area contributed by atoms with Crippen LogP contribution in [0.3, 0.4) is 0 Å². The molecular weight excluding hydrogens is 304 g/mol. The van der Waals surface area contributed by atoms with Crippen LogP contribution in [-0.2, 0) is 16.1 Å². The number of nitrogens with one attached hydrogen (secondary N) is 1. The van der Waals surface area contributed by atoms with Crippen molar-refractivity contribution in [3.8, 4) is 0 Å². The number of aliphatic hydroxyl groups is 1. The van der Waals surface area contributed by atoms with E-state index in [4.69, 9.17) is 4.74 Å². The van der Waals surface area contributed by atoms with Crippen molar-refractivity contribution < 1.29 is 14.6 Å². The van der Waals surface area contributed by atoms with Crippen molar-refractivity contribution >= 4 is 5.91 Å². The maximum Gasteiger partial charge on any atom is 0.246 e. The van der Waals surface area contributed by atoms with Gasteiger partial charge in [0.1, 0.15) is 6.61 Å². The molecule has 1 saturated heterocycles. The number of nitrogens with zero attached hydrogens (tertiary/aromatic N) is 1. The zero-order chi connectivity index (χ0) is 17.6. The van der Waals surface area contributed by atoms with Crippen LogP contribution in [0.2, 0.25) is 0 Å². The minimum absolute atomic E-state index is 0.0384. The molecule has 24 heavy (non-hydrogen) atoms. The Morgan fingerprint density at radius 1 is 1.33 bits per heavy atom. The lowest BCUT2D eigenvalue weighted by Gasteiger charge is -2.38. The number of rotatable bonds is 6. The third kappa shape index (κ3) is 6.23. The quantitative estimate of drug-likeness (QED) is 0.833. The van der Waals surface area contributed by atoms with Gasteiger partial charge in [0.25, 0.3) is 0 Å². The van der Waals surface area contributed by atoms with Crippen LogP contribution in [-0.4, -0.2) is 53.9 Å². The van der Waals surface area contributed by atoms with Gasteiger partial charge in [0, 0.05) is 31.7 Å². The van der Waals surface area contributed by atoms with E-state index in [9.17, 15) is 9.90 Å². The number of carbonyl (C=O) groups is 1. The van der Waals surface area contributed by atoms with Crippen LogP contribution in [0.5, 0.6) is 0 Å². The average Bonchev–Trinajstić information content (AvgIpc) is 2.54. The van der Waals surface area contributed by atoms with Crippen molar-refractivity contribution in [1.29, 1.82) is 0 Å². The highest BCUT2D eigenvalue weighted by atomic mass is 16.5. The number of amides is 1. The zero-order valence-electron chi connectivity index (χ0n) is 15.0. The second kappa shape index (κ2) is 8.60. The monoisotopic (exact) mass is 334 g/mol. The molecule has 1 aliphatic heterocycles. The molecular formula is C19H30N2O3. The van der Waals surface area contributed by atoms with Crippen LogP contribution in [0.25, 0.3) is 0 Å². The molecule has 5 heteroatoms. The Labute approximate surface area is 145 Å². The predicted octanol–water partition coefficient (Wildman–Crippen LogP) is 1.80. The molecule has 2 N–H and O–H groups in total. The summed E-state index contributed by atoms with van der Waals surface area (Å²) < 4.78 is 5.54. The summed E-state index contributed by atoms with van der Waals surface area (Å²) in [4.78, 5) is 14.5. The Bertz CT molecular complexity index is 513. The predicted molar refractivity (Wildman–Crippen MR) is 94.5 cm³/mol. The number of hydrogen-bond acceptors (Lipinski definition) is 4. The first kappa shape index (κ1) is 18.9. The van der Waals surface area contributed by atoms with E-state index in [1.54, 1.807) is 0 Å². The summed E-state index contributed by atoms with van der Waals surface area (Å²) in [7, 11) is 0. The molecule has 1 heterocycles. The molecule has 2 unspecified atom stereocenters. The Balaban J connectivity index is 1.89. The van der Waals surface area contributed by atoms with Gasteiger partial charge in [-0.1, -0.05) is 30.3 Å². The summed E-state index contributed by atoms with van der Waals surface area (Å²) in [6.45, 7) is 8.49. The largest absolute Gasteiger partial charge is 0.396 e. The zero-order valence-corrected chi connectivity index (χ0v) is 15.0. The maximum absolute atomic E-state index is 12.1. The lowest BCUT2D eigenvalue weighted by molar-refractivity contribution is -0.132. The normalized spacial score (nSPS) is 22.3. The molecule has 1 aromatic rings.